The number of ether oxygens (including phenoxy) is 1. The van der Waals surface area contributed by atoms with Gasteiger partial charge in [-0.3, -0.25) is 0 Å². The fraction of sp³-hybridized carbons (Fsp3) is 0.462. The summed E-state index contributed by atoms with van der Waals surface area (Å²) in [6.45, 7) is 4.29. The van der Waals surface area contributed by atoms with E-state index in [2.05, 4.69) is 33.5 Å². The van der Waals surface area contributed by atoms with Crippen molar-refractivity contribution in [3.8, 4) is 0 Å². The van der Waals surface area contributed by atoms with E-state index in [0.29, 0.717) is 12.6 Å². The van der Waals surface area contributed by atoms with E-state index in [1.54, 1.807) is 6.92 Å². The number of hydrogen-bond donors (Lipinski definition) is 2. The fourth-order valence-corrected chi connectivity index (χ4v) is 2.59. The summed E-state index contributed by atoms with van der Waals surface area (Å²) >= 11 is 3.46. The van der Waals surface area contributed by atoms with Crippen LogP contribution in [0.2, 0.25) is 0 Å². The molecule has 0 fully saturated rings. The van der Waals surface area contributed by atoms with E-state index in [4.69, 9.17) is 4.74 Å². The largest absolute Gasteiger partial charge is 0.450 e. The van der Waals surface area contributed by atoms with Gasteiger partial charge in [0.1, 0.15) is 0 Å². The minimum Gasteiger partial charge on any atom is -0.450 e. The third kappa shape index (κ3) is 2.96. The van der Waals surface area contributed by atoms with Crippen LogP contribution in [-0.2, 0) is 4.74 Å². The molecule has 18 heavy (non-hydrogen) atoms. The summed E-state index contributed by atoms with van der Waals surface area (Å²) in [4.78, 5) is 11.5. The Kier molecular flexibility index (Phi) is 4.11. The van der Waals surface area contributed by atoms with Gasteiger partial charge in [-0.05, 0) is 44.0 Å². The highest BCUT2D eigenvalue weighted by Gasteiger charge is 2.25. The third-order valence-electron chi connectivity index (χ3n) is 2.95. The number of nitrogens with one attached hydrogen (secondary N) is 2. The first-order valence-corrected chi connectivity index (χ1v) is 6.88. The molecule has 0 aromatic heterocycles. The summed E-state index contributed by atoms with van der Waals surface area (Å²) in [5, 5.41) is 6.32. The second-order valence-corrected chi connectivity index (χ2v) is 5.35. The van der Waals surface area contributed by atoms with Crippen LogP contribution < -0.4 is 10.6 Å². The van der Waals surface area contributed by atoms with Gasteiger partial charge in [0.25, 0.3) is 0 Å². The van der Waals surface area contributed by atoms with Crippen molar-refractivity contribution < 1.29 is 9.53 Å². The molecule has 0 aliphatic carbocycles. The molecule has 1 aromatic carbocycles. The molecular formula is C13H17BrN2O2. The van der Waals surface area contributed by atoms with E-state index in [1.807, 2.05) is 18.2 Å². The number of carbonyl (C=O) groups is 1. The highest BCUT2D eigenvalue weighted by Crippen LogP contribution is 2.34. The molecule has 4 nitrogen and oxygen atoms in total. The SMILES string of the molecule is CCOC(=O)NC1CC(C)Nc2ccc(Br)cc21. The zero-order valence-electron chi connectivity index (χ0n) is 10.5. The van der Waals surface area contributed by atoms with E-state index in [0.717, 1.165) is 22.1 Å². The molecule has 0 bridgehead atoms. The van der Waals surface area contributed by atoms with Crippen LogP contribution in [0.4, 0.5) is 10.5 Å². The van der Waals surface area contributed by atoms with Crippen molar-refractivity contribution >= 4 is 27.7 Å². The first-order valence-electron chi connectivity index (χ1n) is 6.09. The Hall–Kier alpha value is -1.23. The smallest absolute Gasteiger partial charge is 0.407 e. The summed E-state index contributed by atoms with van der Waals surface area (Å²) < 4.78 is 5.95. The van der Waals surface area contributed by atoms with Crippen LogP contribution in [0.5, 0.6) is 0 Å². The number of hydrogen-bond acceptors (Lipinski definition) is 3. The Balaban J connectivity index is 2.21. The molecule has 5 heteroatoms. The molecule has 0 spiro atoms. The molecular weight excluding hydrogens is 296 g/mol. The number of anilines is 1. The number of carbonyl (C=O) groups excluding carboxylic acids is 1. The van der Waals surface area contributed by atoms with E-state index in [-0.39, 0.29) is 12.1 Å². The van der Waals surface area contributed by atoms with Crippen LogP contribution in [0.15, 0.2) is 22.7 Å². The van der Waals surface area contributed by atoms with E-state index in [9.17, 15) is 4.79 Å². The molecule has 2 rings (SSSR count). The van der Waals surface area contributed by atoms with Crippen molar-refractivity contribution in [3.05, 3.63) is 28.2 Å². The average Bonchev–Trinajstić information content (AvgIpc) is 2.30. The fourth-order valence-electron chi connectivity index (χ4n) is 2.21. The lowest BCUT2D eigenvalue weighted by molar-refractivity contribution is 0.147. The van der Waals surface area contributed by atoms with Crippen molar-refractivity contribution in [3.63, 3.8) is 0 Å². The van der Waals surface area contributed by atoms with Crippen LogP contribution in [0, 0.1) is 0 Å². The Morgan fingerprint density at radius 1 is 1.61 bits per heavy atom. The Morgan fingerprint density at radius 2 is 2.39 bits per heavy atom. The predicted molar refractivity (Wildman–Crippen MR) is 74.7 cm³/mol. The predicted octanol–water partition coefficient (Wildman–Crippen LogP) is 3.44. The number of fused-ring (bicyclic) bond motifs is 1. The normalized spacial score (nSPS) is 21.7. The van der Waals surface area contributed by atoms with Crippen LogP contribution >= 0.6 is 15.9 Å². The zero-order chi connectivity index (χ0) is 13.1. The molecule has 1 aromatic rings. The quantitative estimate of drug-likeness (QED) is 0.879. The molecule has 0 saturated carbocycles. The Labute approximate surface area is 115 Å². The van der Waals surface area contributed by atoms with Gasteiger partial charge in [0.15, 0.2) is 0 Å². The van der Waals surface area contributed by atoms with Gasteiger partial charge >= 0.3 is 6.09 Å². The number of amides is 1. The van der Waals surface area contributed by atoms with Gasteiger partial charge in [-0.15, -0.1) is 0 Å². The highest BCUT2D eigenvalue weighted by atomic mass is 79.9. The highest BCUT2D eigenvalue weighted by molar-refractivity contribution is 9.10. The standard InChI is InChI=1S/C13H17BrN2O2/c1-3-18-13(17)16-12-6-8(2)15-11-5-4-9(14)7-10(11)12/h4-5,7-8,12,15H,3,6H2,1-2H3,(H,16,17). The van der Waals surface area contributed by atoms with Gasteiger partial charge < -0.3 is 15.4 Å². The molecule has 1 aliphatic rings. The van der Waals surface area contributed by atoms with Crippen LogP contribution in [0.3, 0.4) is 0 Å². The first kappa shape index (κ1) is 13.2. The summed E-state index contributed by atoms with van der Waals surface area (Å²) in [5.41, 5.74) is 2.16. The topological polar surface area (TPSA) is 50.4 Å². The van der Waals surface area contributed by atoms with Crippen LogP contribution in [-0.4, -0.2) is 18.7 Å². The van der Waals surface area contributed by atoms with Gasteiger partial charge in [0.2, 0.25) is 0 Å². The maximum absolute atomic E-state index is 11.5. The molecule has 1 aliphatic heterocycles. The number of alkyl carbamates (subject to hydrolysis) is 1. The molecule has 2 unspecified atom stereocenters. The molecule has 1 amide bonds. The number of halogens is 1. The zero-order valence-corrected chi connectivity index (χ0v) is 12.1. The van der Waals surface area contributed by atoms with Crippen molar-refractivity contribution in [1.82, 2.24) is 5.32 Å². The van der Waals surface area contributed by atoms with E-state index >= 15 is 0 Å². The summed E-state index contributed by atoms with van der Waals surface area (Å²) in [5.74, 6) is 0. The lowest BCUT2D eigenvalue weighted by atomic mass is 9.94. The van der Waals surface area contributed by atoms with Gasteiger partial charge in [-0.25, -0.2) is 4.79 Å². The van der Waals surface area contributed by atoms with Gasteiger partial charge in [0.05, 0.1) is 12.6 Å². The van der Waals surface area contributed by atoms with Crippen molar-refractivity contribution in [2.75, 3.05) is 11.9 Å². The lowest BCUT2D eigenvalue weighted by Gasteiger charge is -2.31. The molecule has 0 saturated heterocycles. The second-order valence-electron chi connectivity index (χ2n) is 4.43. The minimum absolute atomic E-state index is 0.00667. The molecule has 2 N–H and O–H groups in total. The maximum Gasteiger partial charge on any atom is 0.407 e. The number of rotatable bonds is 2. The van der Waals surface area contributed by atoms with Crippen molar-refractivity contribution in [1.29, 1.82) is 0 Å². The average molecular weight is 313 g/mol. The molecule has 2 atom stereocenters. The molecule has 1 heterocycles. The molecule has 98 valence electrons. The van der Waals surface area contributed by atoms with Crippen LogP contribution in [0.25, 0.3) is 0 Å². The van der Waals surface area contributed by atoms with Crippen LogP contribution in [0.1, 0.15) is 31.9 Å². The molecule has 0 radical (unpaired) electrons. The first-order chi connectivity index (χ1) is 8.60. The van der Waals surface area contributed by atoms with Gasteiger partial charge in [0, 0.05) is 16.2 Å². The lowest BCUT2D eigenvalue weighted by Crippen LogP contribution is -2.36. The number of benzene rings is 1. The second kappa shape index (κ2) is 5.61. The monoisotopic (exact) mass is 312 g/mol. The Morgan fingerprint density at radius 3 is 3.11 bits per heavy atom. The van der Waals surface area contributed by atoms with E-state index < -0.39 is 0 Å². The van der Waals surface area contributed by atoms with Crippen molar-refractivity contribution in [2.24, 2.45) is 0 Å². The van der Waals surface area contributed by atoms with Gasteiger partial charge in [-0.1, -0.05) is 15.9 Å². The van der Waals surface area contributed by atoms with Gasteiger partial charge in [-0.2, -0.15) is 0 Å². The summed E-state index contributed by atoms with van der Waals surface area (Å²) in [6.07, 6.45) is 0.491. The third-order valence-corrected chi connectivity index (χ3v) is 3.44. The Bertz CT molecular complexity index is 451. The minimum atomic E-state index is -0.359. The summed E-state index contributed by atoms with van der Waals surface area (Å²) in [7, 11) is 0. The summed E-state index contributed by atoms with van der Waals surface area (Å²) in [6, 6.07) is 6.36. The van der Waals surface area contributed by atoms with E-state index in [1.165, 1.54) is 0 Å². The maximum atomic E-state index is 11.5. The van der Waals surface area contributed by atoms with Crippen molar-refractivity contribution in [2.45, 2.75) is 32.4 Å².